The first-order valence-corrected chi connectivity index (χ1v) is 0. The minimum atomic E-state index is 0. The van der Waals surface area contributed by atoms with E-state index >= 15 is 0 Å². The van der Waals surface area contributed by atoms with Crippen molar-refractivity contribution in [3.05, 3.63) is 0 Å². The first-order chi connectivity index (χ1) is 0. The fourth-order valence-corrected chi connectivity index (χ4v) is 0. The molecular formula is Cl3Ru+3. The molecule has 0 aliphatic rings. The van der Waals surface area contributed by atoms with E-state index in [0.717, 1.165) is 0 Å². The molecule has 0 atom stereocenters. The molecule has 4 heteroatoms. The van der Waals surface area contributed by atoms with Crippen molar-refractivity contribution in [2.45, 2.75) is 0 Å². The zero-order chi connectivity index (χ0) is 0. The number of hydrogen-bond donors (Lipinski definition) is 0. The van der Waals surface area contributed by atoms with Gasteiger partial charge in [0.25, 0.3) is 0 Å². The minimum Gasteiger partial charge on any atom is -1.00 e. The van der Waals surface area contributed by atoms with Gasteiger partial charge in [0.2, 0.25) is 0 Å². The van der Waals surface area contributed by atoms with Crippen LogP contribution in [0.1, 0.15) is 0 Å². The van der Waals surface area contributed by atoms with Crippen molar-refractivity contribution in [3.63, 3.8) is 0 Å². The Bertz CT molecular complexity index is 3.25. The molecule has 0 spiro atoms. The molecule has 0 heterocycles. The average Bonchev–Trinajstić information content (AvgIpc) is 0. The van der Waals surface area contributed by atoms with Crippen LogP contribution in [0, 0.1) is 0 Å². The summed E-state index contributed by atoms with van der Waals surface area (Å²) in [6, 6.07) is 0. The summed E-state index contributed by atoms with van der Waals surface area (Å²) < 4.78 is 0. The third kappa shape index (κ3) is 9.74. The largest absolute Gasteiger partial charge is 6.00 e. The van der Waals surface area contributed by atoms with Crippen LogP contribution in [0.15, 0.2) is 0 Å². The van der Waals surface area contributed by atoms with Gasteiger partial charge in [0.05, 0.1) is 0 Å². The molecule has 0 fully saturated rings. The maximum atomic E-state index is 0. The van der Waals surface area contributed by atoms with Gasteiger partial charge in [-0.1, -0.05) is 0 Å². The van der Waals surface area contributed by atoms with Crippen molar-refractivity contribution in [3.8, 4) is 0 Å². The number of halogens is 3. The van der Waals surface area contributed by atoms with Crippen LogP contribution < -0.4 is 37.2 Å². The summed E-state index contributed by atoms with van der Waals surface area (Å²) in [7, 11) is 0. The topological polar surface area (TPSA) is 0 Å². The van der Waals surface area contributed by atoms with Crippen molar-refractivity contribution in [2.75, 3.05) is 0 Å². The zero-order valence-electron chi connectivity index (χ0n) is 1.49. The molecule has 0 aliphatic heterocycles. The first-order valence-electron chi connectivity index (χ1n) is 0. The Morgan fingerprint density at radius 1 is 0.500 bits per heavy atom. The maximum absolute atomic E-state index is 0. The standard InChI is InChI=1S/3ClH.Ru/h3*1H;/q;;;+6/p-3. The molecule has 0 aliphatic carbocycles. The van der Waals surface area contributed by atoms with Crippen molar-refractivity contribution >= 4 is 0 Å². The van der Waals surface area contributed by atoms with E-state index in [0.29, 0.717) is 0 Å². The van der Waals surface area contributed by atoms with Gasteiger partial charge in [-0.15, -0.1) is 0 Å². The molecule has 0 nitrogen and oxygen atoms in total. The molecule has 0 N–H and O–H groups in total. The second kappa shape index (κ2) is 24.6. The Labute approximate surface area is 56.7 Å². The van der Waals surface area contributed by atoms with E-state index in [1.54, 1.807) is 0 Å². The van der Waals surface area contributed by atoms with Gasteiger partial charge < -0.3 is 37.2 Å². The molecule has 0 unspecified atom stereocenters. The molecule has 26 valence electrons. The first kappa shape index (κ1) is 49.7. The van der Waals surface area contributed by atoms with Gasteiger partial charge in [-0.25, -0.2) is 0 Å². The Morgan fingerprint density at radius 2 is 0.500 bits per heavy atom. The third-order valence-corrected chi connectivity index (χ3v) is 0. The zero-order valence-corrected chi connectivity index (χ0v) is 5.49. The van der Waals surface area contributed by atoms with Gasteiger partial charge in [-0.2, -0.15) is 0 Å². The van der Waals surface area contributed by atoms with Crippen LogP contribution in [0.2, 0.25) is 0 Å². The molecule has 0 saturated carbocycles. The van der Waals surface area contributed by atoms with Crippen LogP contribution in [-0.2, 0) is 19.5 Å². The average molecular weight is 207 g/mol. The molecule has 0 saturated heterocycles. The van der Waals surface area contributed by atoms with Crippen molar-refractivity contribution in [2.24, 2.45) is 0 Å². The fraction of sp³-hybridized carbons (Fsp3) is 0. The summed E-state index contributed by atoms with van der Waals surface area (Å²) in [5.74, 6) is 0. The molecule has 0 bridgehead atoms. The monoisotopic (exact) mass is 207 g/mol. The molecular weight excluding hydrogens is 207 g/mol. The van der Waals surface area contributed by atoms with E-state index in [9.17, 15) is 0 Å². The van der Waals surface area contributed by atoms with Gasteiger partial charge in [0, 0.05) is 0 Å². The van der Waals surface area contributed by atoms with Crippen molar-refractivity contribution in [1.29, 1.82) is 0 Å². The Morgan fingerprint density at radius 3 is 0.500 bits per heavy atom. The predicted octanol–water partition coefficient (Wildman–Crippen LogP) is -8.99. The van der Waals surface area contributed by atoms with E-state index in [-0.39, 0.29) is 56.7 Å². The summed E-state index contributed by atoms with van der Waals surface area (Å²) in [6.45, 7) is 0. The van der Waals surface area contributed by atoms with E-state index in [1.807, 2.05) is 0 Å². The summed E-state index contributed by atoms with van der Waals surface area (Å²) in [5.41, 5.74) is 0. The fourth-order valence-electron chi connectivity index (χ4n) is 0. The van der Waals surface area contributed by atoms with E-state index in [2.05, 4.69) is 0 Å². The SMILES string of the molecule is [Cl-].[Cl-].[Cl-].[Ru+6]. The van der Waals surface area contributed by atoms with Crippen LogP contribution in [-0.4, -0.2) is 0 Å². The number of hydrogen-bond acceptors (Lipinski definition) is 0. The Balaban J connectivity index is 0. The van der Waals surface area contributed by atoms with Crippen molar-refractivity contribution in [1.82, 2.24) is 0 Å². The molecule has 0 amide bonds. The Kier molecular flexibility index (Phi) is 306. The summed E-state index contributed by atoms with van der Waals surface area (Å²) in [6.07, 6.45) is 0. The predicted molar refractivity (Wildman–Crippen MR) is 0 cm³/mol. The van der Waals surface area contributed by atoms with E-state index < -0.39 is 0 Å². The summed E-state index contributed by atoms with van der Waals surface area (Å²) >= 11 is 0. The van der Waals surface area contributed by atoms with E-state index in [4.69, 9.17) is 0 Å². The number of rotatable bonds is 0. The quantitative estimate of drug-likeness (QED) is 0.346. The molecule has 0 aromatic rings. The second-order valence-electron chi connectivity index (χ2n) is 0. The summed E-state index contributed by atoms with van der Waals surface area (Å²) in [4.78, 5) is 0. The molecule has 0 aromatic carbocycles. The van der Waals surface area contributed by atoms with Crippen LogP contribution >= 0.6 is 0 Å². The van der Waals surface area contributed by atoms with Crippen LogP contribution in [0.25, 0.3) is 0 Å². The molecule has 0 radical (unpaired) electrons. The summed E-state index contributed by atoms with van der Waals surface area (Å²) in [5, 5.41) is 0. The third-order valence-electron chi connectivity index (χ3n) is 0. The normalized spacial score (nSPS) is 0. The smallest absolute Gasteiger partial charge is 1.00 e. The molecule has 0 rings (SSSR count). The Hall–Kier alpha value is 1.49. The molecule has 0 aromatic heterocycles. The van der Waals surface area contributed by atoms with Gasteiger partial charge in [-0.3, -0.25) is 0 Å². The van der Waals surface area contributed by atoms with E-state index in [1.165, 1.54) is 0 Å². The minimum absolute atomic E-state index is 0. The second-order valence-corrected chi connectivity index (χ2v) is 0. The van der Waals surface area contributed by atoms with Crippen LogP contribution in [0.5, 0.6) is 0 Å². The van der Waals surface area contributed by atoms with Gasteiger partial charge in [-0.05, 0) is 0 Å². The van der Waals surface area contributed by atoms with Gasteiger partial charge in [0.1, 0.15) is 0 Å². The van der Waals surface area contributed by atoms with Crippen molar-refractivity contribution < 1.29 is 56.7 Å². The molecule has 4 heavy (non-hydrogen) atoms. The van der Waals surface area contributed by atoms with Crippen LogP contribution in [0.4, 0.5) is 0 Å². The maximum Gasteiger partial charge on any atom is 6.00 e. The van der Waals surface area contributed by atoms with Gasteiger partial charge in [0.15, 0.2) is 0 Å². The van der Waals surface area contributed by atoms with Crippen LogP contribution in [0.3, 0.4) is 0 Å². The van der Waals surface area contributed by atoms with Gasteiger partial charge >= 0.3 is 19.5 Å².